The molecule has 1 atom stereocenters. The van der Waals surface area contributed by atoms with Crippen LogP contribution >= 0.6 is 0 Å². The van der Waals surface area contributed by atoms with Crippen molar-refractivity contribution in [1.82, 2.24) is 5.32 Å². The molecular formula is C21H21FN2O7S. The quantitative estimate of drug-likeness (QED) is 0.564. The number of anilines is 1. The Balaban J connectivity index is 1.51. The van der Waals surface area contributed by atoms with Crippen molar-refractivity contribution >= 4 is 33.3 Å². The number of carbonyl (C=O) groups excluding carboxylic acids is 3. The molecule has 0 radical (unpaired) electrons. The highest BCUT2D eigenvalue weighted by molar-refractivity contribution is 7.91. The Labute approximate surface area is 183 Å². The fraction of sp³-hybridized carbons (Fsp3) is 0.286. The summed E-state index contributed by atoms with van der Waals surface area (Å²) in [5, 5.41) is 4.87. The fourth-order valence-electron chi connectivity index (χ4n) is 3.04. The van der Waals surface area contributed by atoms with Gasteiger partial charge < -0.3 is 20.1 Å². The van der Waals surface area contributed by atoms with Gasteiger partial charge in [0.2, 0.25) is 0 Å². The van der Waals surface area contributed by atoms with E-state index >= 15 is 0 Å². The summed E-state index contributed by atoms with van der Waals surface area (Å²) in [7, 11) is -3.15. The molecule has 1 heterocycles. The van der Waals surface area contributed by atoms with Gasteiger partial charge in [0.05, 0.1) is 17.2 Å². The summed E-state index contributed by atoms with van der Waals surface area (Å²) in [5.41, 5.74) is -0.0164. The third kappa shape index (κ3) is 6.51. The minimum atomic E-state index is -3.15. The van der Waals surface area contributed by atoms with E-state index in [0.717, 1.165) is 0 Å². The van der Waals surface area contributed by atoms with Crippen LogP contribution in [0.4, 0.5) is 10.1 Å². The largest absolute Gasteiger partial charge is 0.483 e. The van der Waals surface area contributed by atoms with Gasteiger partial charge in [-0.2, -0.15) is 0 Å². The number of para-hydroxylation sites is 2. The summed E-state index contributed by atoms with van der Waals surface area (Å²) in [6.45, 7) is -1.09. The third-order valence-corrected chi connectivity index (χ3v) is 6.31. The number of ether oxygens (including phenoxy) is 2. The van der Waals surface area contributed by atoms with Crippen molar-refractivity contribution in [3.8, 4) is 5.75 Å². The monoisotopic (exact) mass is 464 g/mol. The minimum absolute atomic E-state index is 0.00475. The van der Waals surface area contributed by atoms with Crippen molar-refractivity contribution in [2.75, 3.05) is 30.0 Å². The van der Waals surface area contributed by atoms with Crippen molar-refractivity contribution in [3.05, 3.63) is 59.9 Å². The van der Waals surface area contributed by atoms with E-state index in [1.54, 1.807) is 18.2 Å². The van der Waals surface area contributed by atoms with Crippen molar-refractivity contribution in [2.24, 2.45) is 0 Å². The highest BCUT2D eigenvalue weighted by atomic mass is 32.2. The van der Waals surface area contributed by atoms with Crippen molar-refractivity contribution < 1.29 is 36.7 Å². The summed E-state index contributed by atoms with van der Waals surface area (Å²) in [5.74, 6) is -2.80. The Bertz CT molecular complexity index is 1120. The first-order valence-corrected chi connectivity index (χ1v) is 11.5. The SMILES string of the molecule is O=C(COc1ccccc1C(=O)OCC(=O)NC1CCS(=O)(=O)C1)Nc1ccccc1F. The van der Waals surface area contributed by atoms with Gasteiger partial charge in [0.1, 0.15) is 17.1 Å². The number of nitrogens with one attached hydrogen (secondary N) is 2. The lowest BCUT2D eigenvalue weighted by Gasteiger charge is -2.13. The zero-order valence-corrected chi connectivity index (χ0v) is 17.7. The third-order valence-electron chi connectivity index (χ3n) is 4.55. The Morgan fingerprint density at radius 1 is 1.00 bits per heavy atom. The number of sulfone groups is 1. The lowest BCUT2D eigenvalue weighted by molar-refractivity contribution is -0.124. The van der Waals surface area contributed by atoms with E-state index < -0.39 is 52.7 Å². The topological polar surface area (TPSA) is 128 Å². The zero-order chi connectivity index (χ0) is 23.1. The van der Waals surface area contributed by atoms with Gasteiger partial charge >= 0.3 is 5.97 Å². The summed E-state index contributed by atoms with van der Waals surface area (Å²) in [6.07, 6.45) is 0.313. The van der Waals surface area contributed by atoms with Gasteiger partial charge in [-0.25, -0.2) is 17.6 Å². The molecule has 1 saturated heterocycles. The van der Waals surface area contributed by atoms with Gasteiger partial charge in [0.15, 0.2) is 23.1 Å². The predicted octanol–water partition coefficient (Wildman–Crippen LogP) is 1.30. The zero-order valence-electron chi connectivity index (χ0n) is 16.9. The number of amides is 2. The molecule has 0 bridgehead atoms. The first kappa shape index (κ1) is 23.2. The van der Waals surface area contributed by atoms with E-state index in [-0.39, 0.29) is 28.5 Å². The molecule has 1 aliphatic rings. The van der Waals surface area contributed by atoms with Crippen LogP contribution in [0.1, 0.15) is 16.8 Å². The molecule has 1 fully saturated rings. The maximum atomic E-state index is 13.6. The second kappa shape index (κ2) is 10.2. The number of esters is 1. The molecule has 2 N–H and O–H groups in total. The van der Waals surface area contributed by atoms with Gasteiger partial charge in [0, 0.05) is 6.04 Å². The van der Waals surface area contributed by atoms with Crippen LogP contribution in [0, 0.1) is 5.82 Å². The van der Waals surface area contributed by atoms with Gasteiger partial charge in [-0.1, -0.05) is 24.3 Å². The maximum Gasteiger partial charge on any atom is 0.342 e. The van der Waals surface area contributed by atoms with Crippen LogP contribution < -0.4 is 15.4 Å². The number of hydrogen-bond acceptors (Lipinski definition) is 7. The molecule has 0 aliphatic carbocycles. The molecule has 1 unspecified atom stereocenters. The summed E-state index contributed by atoms with van der Waals surface area (Å²) in [4.78, 5) is 36.3. The maximum absolute atomic E-state index is 13.6. The Morgan fingerprint density at radius 3 is 2.44 bits per heavy atom. The highest BCUT2D eigenvalue weighted by Crippen LogP contribution is 2.19. The molecule has 2 aromatic rings. The second-order valence-electron chi connectivity index (χ2n) is 7.06. The fourth-order valence-corrected chi connectivity index (χ4v) is 4.71. The Morgan fingerprint density at radius 2 is 1.72 bits per heavy atom. The van der Waals surface area contributed by atoms with Gasteiger partial charge in [-0.05, 0) is 30.7 Å². The van der Waals surface area contributed by atoms with Crippen molar-refractivity contribution in [3.63, 3.8) is 0 Å². The molecule has 9 nitrogen and oxygen atoms in total. The first-order valence-electron chi connectivity index (χ1n) is 9.66. The number of halogens is 1. The number of rotatable bonds is 8. The molecule has 32 heavy (non-hydrogen) atoms. The molecule has 0 spiro atoms. The molecule has 11 heteroatoms. The lowest BCUT2D eigenvalue weighted by atomic mass is 10.2. The normalized spacial score (nSPS) is 16.7. The number of carbonyl (C=O) groups is 3. The van der Waals surface area contributed by atoms with Gasteiger partial charge in [0.25, 0.3) is 11.8 Å². The Hall–Kier alpha value is -3.47. The van der Waals surface area contributed by atoms with Crippen LogP contribution in [0.5, 0.6) is 5.75 Å². The first-order chi connectivity index (χ1) is 15.2. The molecular weight excluding hydrogens is 443 g/mol. The standard InChI is InChI=1S/C21H21FN2O7S/c22-16-6-2-3-7-17(16)24-20(26)11-30-18-8-4-1-5-15(18)21(27)31-12-19(25)23-14-9-10-32(28,29)13-14/h1-8,14H,9-13H2,(H,23,25)(H,24,26). The lowest BCUT2D eigenvalue weighted by Crippen LogP contribution is -2.38. The summed E-state index contributed by atoms with van der Waals surface area (Å²) < 4.78 is 46.9. The molecule has 2 amide bonds. The molecule has 0 aromatic heterocycles. The number of hydrogen-bond donors (Lipinski definition) is 2. The average molecular weight is 464 g/mol. The van der Waals surface area contributed by atoms with Crippen molar-refractivity contribution in [1.29, 1.82) is 0 Å². The van der Waals surface area contributed by atoms with E-state index in [9.17, 15) is 27.2 Å². The molecule has 2 aromatic carbocycles. The average Bonchev–Trinajstić information content (AvgIpc) is 3.10. The van der Waals surface area contributed by atoms with E-state index in [1.165, 1.54) is 30.3 Å². The molecule has 170 valence electrons. The van der Waals surface area contributed by atoms with Crippen LogP contribution in [0.3, 0.4) is 0 Å². The number of benzene rings is 2. The van der Waals surface area contributed by atoms with E-state index in [0.29, 0.717) is 6.42 Å². The van der Waals surface area contributed by atoms with E-state index in [4.69, 9.17) is 9.47 Å². The minimum Gasteiger partial charge on any atom is -0.483 e. The molecule has 3 rings (SSSR count). The molecule has 0 saturated carbocycles. The Kier molecular flexibility index (Phi) is 7.41. The van der Waals surface area contributed by atoms with Crippen molar-refractivity contribution in [2.45, 2.75) is 12.5 Å². The summed E-state index contributed by atoms with van der Waals surface area (Å²) in [6, 6.07) is 11.1. The van der Waals surface area contributed by atoms with Crippen LogP contribution in [0.15, 0.2) is 48.5 Å². The van der Waals surface area contributed by atoms with Crippen LogP contribution in [-0.4, -0.2) is 57.0 Å². The molecule has 1 aliphatic heterocycles. The smallest absolute Gasteiger partial charge is 0.342 e. The second-order valence-corrected chi connectivity index (χ2v) is 9.29. The van der Waals surface area contributed by atoms with E-state index in [2.05, 4.69) is 10.6 Å². The predicted molar refractivity (Wildman–Crippen MR) is 112 cm³/mol. The van der Waals surface area contributed by atoms with Gasteiger partial charge in [-0.3, -0.25) is 9.59 Å². The van der Waals surface area contributed by atoms with Gasteiger partial charge in [-0.15, -0.1) is 0 Å². The van der Waals surface area contributed by atoms with Crippen LogP contribution in [-0.2, 0) is 24.2 Å². The van der Waals surface area contributed by atoms with E-state index in [1.807, 2.05) is 0 Å². The van der Waals surface area contributed by atoms with Crippen LogP contribution in [0.2, 0.25) is 0 Å². The summed E-state index contributed by atoms with van der Waals surface area (Å²) >= 11 is 0. The highest BCUT2D eigenvalue weighted by Gasteiger charge is 2.29. The van der Waals surface area contributed by atoms with Crippen LogP contribution in [0.25, 0.3) is 0 Å².